The molecular formula is C22H29N3O5. The van der Waals surface area contributed by atoms with Crippen molar-refractivity contribution in [2.45, 2.75) is 51.0 Å². The maximum Gasteiger partial charge on any atom is 0.407 e. The first kappa shape index (κ1) is 21.8. The number of aromatic amines is 1. The Morgan fingerprint density at radius 1 is 1.20 bits per heavy atom. The summed E-state index contributed by atoms with van der Waals surface area (Å²) in [4.78, 5) is 32.1. The van der Waals surface area contributed by atoms with Crippen LogP contribution in [0.1, 0.15) is 61.8 Å². The summed E-state index contributed by atoms with van der Waals surface area (Å²) >= 11 is 0. The Morgan fingerprint density at radius 3 is 2.63 bits per heavy atom. The first-order valence-electron chi connectivity index (χ1n) is 10.4. The molecule has 1 aliphatic rings. The van der Waals surface area contributed by atoms with Crippen LogP contribution in [0, 0.1) is 0 Å². The number of ether oxygens (including phenoxy) is 2. The lowest BCUT2D eigenvalue weighted by atomic mass is 9.75. The van der Waals surface area contributed by atoms with E-state index in [1.807, 2.05) is 30.3 Å². The van der Waals surface area contributed by atoms with Gasteiger partial charge in [-0.2, -0.15) is 0 Å². The SMILES string of the molecule is CCOC(=O)NCC1(O)CCCCC1c1nc(C(=O)OCC)c(-c2ccccc2)[nH]1. The van der Waals surface area contributed by atoms with Crippen LogP contribution >= 0.6 is 0 Å². The van der Waals surface area contributed by atoms with E-state index in [0.717, 1.165) is 18.4 Å². The van der Waals surface area contributed by atoms with Crippen molar-refractivity contribution in [1.29, 1.82) is 0 Å². The van der Waals surface area contributed by atoms with Gasteiger partial charge in [0.2, 0.25) is 0 Å². The molecule has 0 bridgehead atoms. The van der Waals surface area contributed by atoms with Gasteiger partial charge in [-0.05, 0) is 26.7 Å². The highest BCUT2D eigenvalue weighted by Gasteiger charge is 2.42. The number of nitrogens with zero attached hydrogens (tertiary/aromatic N) is 1. The Hall–Kier alpha value is -2.87. The van der Waals surface area contributed by atoms with E-state index < -0.39 is 17.7 Å². The third kappa shape index (κ3) is 4.81. The zero-order valence-corrected chi connectivity index (χ0v) is 17.4. The van der Waals surface area contributed by atoms with Crippen molar-refractivity contribution in [3.8, 4) is 11.3 Å². The minimum absolute atomic E-state index is 0.0482. The van der Waals surface area contributed by atoms with Crippen molar-refractivity contribution < 1.29 is 24.2 Å². The van der Waals surface area contributed by atoms with Crippen molar-refractivity contribution in [3.05, 3.63) is 41.9 Å². The molecule has 1 heterocycles. The van der Waals surface area contributed by atoms with E-state index in [1.54, 1.807) is 13.8 Å². The fourth-order valence-electron chi connectivity index (χ4n) is 3.95. The third-order valence-electron chi connectivity index (χ3n) is 5.40. The lowest BCUT2D eigenvalue weighted by Gasteiger charge is -2.39. The summed E-state index contributed by atoms with van der Waals surface area (Å²) in [5.74, 6) is -0.355. The monoisotopic (exact) mass is 415 g/mol. The van der Waals surface area contributed by atoms with E-state index >= 15 is 0 Å². The van der Waals surface area contributed by atoms with Crippen molar-refractivity contribution in [2.24, 2.45) is 0 Å². The van der Waals surface area contributed by atoms with Crippen LogP contribution in [0.25, 0.3) is 11.3 Å². The number of aromatic nitrogens is 2. The molecule has 0 radical (unpaired) electrons. The first-order valence-corrected chi connectivity index (χ1v) is 10.4. The molecule has 1 aromatic carbocycles. The van der Waals surface area contributed by atoms with Crippen LogP contribution in [0.2, 0.25) is 0 Å². The maximum absolute atomic E-state index is 12.5. The zero-order valence-electron chi connectivity index (χ0n) is 17.4. The first-order chi connectivity index (χ1) is 14.5. The summed E-state index contributed by atoms with van der Waals surface area (Å²) in [5, 5.41) is 14.0. The Morgan fingerprint density at radius 2 is 1.93 bits per heavy atom. The quantitative estimate of drug-likeness (QED) is 0.598. The Balaban J connectivity index is 1.94. The number of benzene rings is 1. The number of esters is 1. The Labute approximate surface area is 176 Å². The predicted molar refractivity (Wildman–Crippen MR) is 111 cm³/mol. The number of rotatable bonds is 7. The molecule has 0 saturated heterocycles. The molecule has 2 unspecified atom stereocenters. The number of hydrogen-bond donors (Lipinski definition) is 3. The number of aliphatic hydroxyl groups is 1. The van der Waals surface area contributed by atoms with Crippen LogP contribution < -0.4 is 5.32 Å². The summed E-state index contributed by atoms with van der Waals surface area (Å²) in [5.41, 5.74) is 0.380. The second-order valence-corrected chi connectivity index (χ2v) is 7.41. The van der Waals surface area contributed by atoms with Gasteiger partial charge in [-0.3, -0.25) is 0 Å². The fourth-order valence-corrected chi connectivity index (χ4v) is 3.95. The van der Waals surface area contributed by atoms with Gasteiger partial charge in [0, 0.05) is 11.5 Å². The van der Waals surface area contributed by atoms with Gasteiger partial charge >= 0.3 is 12.1 Å². The predicted octanol–water partition coefficient (Wildman–Crippen LogP) is 3.39. The summed E-state index contributed by atoms with van der Waals surface area (Å²) in [6, 6.07) is 9.42. The molecule has 1 fully saturated rings. The number of alkyl carbamates (subject to hydrolysis) is 1. The van der Waals surface area contributed by atoms with Crippen molar-refractivity contribution >= 4 is 12.1 Å². The summed E-state index contributed by atoms with van der Waals surface area (Å²) in [7, 11) is 0. The molecule has 2 aromatic rings. The molecule has 3 N–H and O–H groups in total. The summed E-state index contributed by atoms with van der Waals surface area (Å²) in [6.07, 6.45) is 2.40. The largest absolute Gasteiger partial charge is 0.461 e. The molecule has 162 valence electrons. The highest BCUT2D eigenvalue weighted by molar-refractivity contribution is 5.94. The summed E-state index contributed by atoms with van der Waals surface area (Å²) in [6.45, 7) is 4.02. The average molecular weight is 415 g/mol. The van der Waals surface area contributed by atoms with Gasteiger partial charge in [0.1, 0.15) is 5.82 Å². The Bertz CT molecular complexity index is 867. The van der Waals surface area contributed by atoms with E-state index in [4.69, 9.17) is 9.47 Å². The molecule has 2 atom stereocenters. The molecule has 1 aromatic heterocycles. The molecule has 1 aliphatic carbocycles. The van der Waals surface area contributed by atoms with Gasteiger partial charge < -0.3 is 24.9 Å². The minimum atomic E-state index is -1.19. The lowest BCUT2D eigenvalue weighted by molar-refractivity contribution is -0.0181. The van der Waals surface area contributed by atoms with E-state index in [9.17, 15) is 14.7 Å². The number of hydrogen-bond acceptors (Lipinski definition) is 6. The molecule has 0 spiro atoms. The van der Waals surface area contributed by atoms with Gasteiger partial charge in [-0.15, -0.1) is 0 Å². The number of H-pyrrole nitrogens is 1. The van der Waals surface area contributed by atoms with Gasteiger partial charge in [0.15, 0.2) is 5.69 Å². The summed E-state index contributed by atoms with van der Waals surface area (Å²) < 4.78 is 10.1. The topological polar surface area (TPSA) is 114 Å². The van der Waals surface area contributed by atoms with Crippen LogP contribution in [-0.2, 0) is 9.47 Å². The molecule has 0 aliphatic heterocycles. The molecular weight excluding hydrogens is 386 g/mol. The normalized spacial score (nSPS) is 21.1. The zero-order chi connectivity index (χ0) is 21.6. The standard InChI is InChI=1S/C22H29N3O5/c1-3-29-20(26)18-17(15-10-6-5-7-11-15)24-19(25-18)16-12-8-9-13-22(16,28)14-23-21(27)30-4-2/h5-7,10-11,16,28H,3-4,8-9,12-14H2,1-2H3,(H,23,27)(H,24,25). The maximum atomic E-state index is 12.5. The van der Waals surface area contributed by atoms with E-state index in [-0.39, 0.29) is 31.4 Å². The van der Waals surface area contributed by atoms with Crippen LogP contribution in [0.5, 0.6) is 0 Å². The highest BCUT2D eigenvalue weighted by atomic mass is 16.5. The fraction of sp³-hybridized carbons (Fsp3) is 0.500. The van der Waals surface area contributed by atoms with Gasteiger partial charge in [-0.25, -0.2) is 14.6 Å². The molecule has 1 amide bonds. The number of carbonyl (C=O) groups is 2. The van der Waals surface area contributed by atoms with E-state index in [0.29, 0.717) is 24.4 Å². The Kier molecular flexibility index (Phi) is 7.10. The molecule has 8 nitrogen and oxygen atoms in total. The van der Waals surface area contributed by atoms with Crippen LogP contribution in [0.15, 0.2) is 30.3 Å². The number of nitrogens with one attached hydrogen (secondary N) is 2. The van der Waals surface area contributed by atoms with Gasteiger partial charge in [0.25, 0.3) is 0 Å². The number of amides is 1. The smallest absolute Gasteiger partial charge is 0.407 e. The van der Waals surface area contributed by atoms with Crippen molar-refractivity contribution in [2.75, 3.05) is 19.8 Å². The minimum Gasteiger partial charge on any atom is -0.461 e. The second-order valence-electron chi connectivity index (χ2n) is 7.41. The van der Waals surface area contributed by atoms with Crippen molar-refractivity contribution in [1.82, 2.24) is 15.3 Å². The van der Waals surface area contributed by atoms with E-state index in [2.05, 4.69) is 15.3 Å². The molecule has 1 saturated carbocycles. The average Bonchev–Trinajstić information content (AvgIpc) is 3.19. The van der Waals surface area contributed by atoms with Crippen molar-refractivity contribution in [3.63, 3.8) is 0 Å². The molecule has 8 heteroatoms. The van der Waals surface area contributed by atoms with Crippen LogP contribution in [0.4, 0.5) is 4.79 Å². The number of imidazole rings is 1. The molecule has 3 rings (SSSR count). The van der Waals surface area contributed by atoms with Crippen LogP contribution in [0.3, 0.4) is 0 Å². The third-order valence-corrected chi connectivity index (χ3v) is 5.40. The van der Waals surface area contributed by atoms with Crippen LogP contribution in [-0.4, -0.2) is 52.5 Å². The molecule has 30 heavy (non-hydrogen) atoms. The van der Waals surface area contributed by atoms with E-state index in [1.165, 1.54) is 0 Å². The highest BCUT2D eigenvalue weighted by Crippen LogP contribution is 2.40. The number of carbonyl (C=O) groups excluding carboxylic acids is 2. The lowest BCUT2D eigenvalue weighted by Crippen LogP contribution is -2.49. The van der Waals surface area contributed by atoms with Gasteiger partial charge in [-0.1, -0.05) is 43.2 Å². The van der Waals surface area contributed by atoms with Gasteiger partial charge in [0.05, 0.1) is 31.1 Å². The second kappa shape index (κ2) is 9.75.